The van der Waals surface area contributed by atoms with Gasteiger partial charge in [-0.05, 0) is 30.7 Å². The lowest BCUT2D eigenvalue weighted by Crippen LogP contribution is -2.00. The molecule has 0 fully saturated rings. The van der Waals surface area contributed by atoms with Crippen molar-refractivity contribution in [3.63, 3.8) is 0 Å². The van der Waals surface area contributed by atoms with Crippen molar-refractivity contribution in [3.8, 4) is 0 Å². The molecule has 0 atom stereocenters. The Bertz CT molecular complexity index is 462. The molecular weight excluding hydrogens is 255 g/mol. The van der Waals surface area contributed by atoms with E-state index in [9.17, 15) is 0 Å². The molecular formula is C13H14Cl2N2. The summed E-state index contributed by atoms with van der Waals surface area (Å²) in [5, 5.41) is 0.678. The van der Waals surface area contributed by atoms with Gasteiger partial charge in [-0.1, -0.05) is 29.3 Å². The van der Waals surface area contributed by atoms with E-state index in [1.807, 2.05) is 37.3 Å². The standard InChI is InChI=1S/C13H14Cl2N2/c1-10(6-7-16-2)8-13(17-15)11-4-3-5-12(14)9-11/h3-7,9H,8H2,1-2H3/b10-6+,16-7?,17-13+. The summed E-state index contributed by atoms with van der Waals surface area (Å²) in [5.41, 5.74) is 2.87. The van der Waals surface area contributed by atoms with Crippen LogP contribution in [0.25, 0.3) is 0 Å². The summed E-state index contributed by atoms with van der Waals surface area (Å²) in [6.07, 6.45) is 4.36. The Morgan fingerprint density at radius 1 is 1.41 bits per heavy atom. The topological polar surface area (TPSA) is 24.7 Å². The monoisotopic (exact) mass is 268 g/mol. The van der Waals surface area contributed by atoms with Gasteiger partial charge in [0.15, 0.2) is 0 Å². The van der Waals surface area contributed by atoms with E-state index in [0.717, 1.165) is 16.8 Å². The molecule has 1 rings (SSSR count). The SMILES string of the molecule is CN=C/C=C(\C)C/C(=N\Cl)c1cccc(Cl)c1. The number of hydrogen-bond acceptors (Lipinski definition) is 2. The molecule has 0 radical (unpaired) electrons. The number of nitrogens with zero attached hydrogens (tertiary/aromatic N) is 2. The van der Waals surface area contributed by atoms with Crippen molar-refractivity contribution in [3.05, 3.63) is 46.5 Å². The summed E-state index contributed by atoms with van der Waals surface area (Å²) in [5.74, 6) is 0. The van der Waals surface area contributed by atoms with Gasteiger partial charge in [0.25, 0.3) is 0 Å². The zero-order valence-electron chi connectivity index (χ0n) is 9.82. The van der Waals surface area contributed by atoms with Crippen LogP contribution in [0, 0.1) is 0 Å². The van der Waals surface area contributed by atoms with Crippen molar-refractivity contribution in [2.75, 3.05) is 7.05 Å². The number of rotatable bonds is 4. The lowest BCUT2D eigenvalue weighted by atomic mass is 10.0. The maximum atomic E-state index is 5.93. The average Bonchev–Trinajstić information content (AvgIpc) is 2.33. The predicted molar refractivity (Wildman–Crippen MR) is 76.6 cm³/mol. The van der Waals surface area contributed by atoms with Crippen molar-refractivity contribution >= 4 is 35.3 Å². The molecule has 0 heterocycles. The quantitative estimate of drug-likeness (QED) is 0.727. The van der Waals surface area contributed by atoms with Crippen LogP contribution in [-0.2, 0) is 0 Å². The van der Waals surface area contributed by atoms with Crippen LogP contribution in [0.2, 0.25) is 5.02 Å². The van der Waals surface area contributed by atoms with E-state index in [4.69, 9.17) is 23.4 Å². The third-order valence-electron chi connectivity index (χ3n) is 2.21. The molecule has 0 saturated carbocycles. The Hall–Kier alpha value is -1.12. The van der Waals surface area contributed by atoms with Crippen LogP contribution in [0.3, 0.4) is 0 Å². The van der Waals surface area contributed by atoms with Crippen LogP contribution in [0.4, 0.5) is 0 Å². The lowest BCUT2D eigenvalue weighted by Gasteiger charge is -2.05. The minimum atomic E-state index is 0.676. The zero-order chi connectivity index (χ0) is 12.7. The van der Waals surface area contributed by atoms with Crippen LogP contribution >= 0.6 is 23.4 Å². The van der Waals surface area contributed by atoms with Crippen LogP contribution in [0.5, 0.6) is 0 Å². The predicted octanol–water partition coefficient (Wildman–Crippen LogP) is 4.32. The third-order valence-corrected chi connectivity index (χ3v) is 2.65. The van der Waals surface area contributed by atoms with Gasteiger partial charge < -0.3 is 0 Å². The smallest absolute Gasteiger partial charge is 0.0663 e. The van der Waals surface area contributed by atoms with E-state index in [1.165, 1.54) is 0 Å². The molecule has 0 spiro atoms. The summed E-state index contributed by atoms with van der Waals surface area (Å²) in [7, 11) is 1.73. The lowest BCUT2D eigenvalue weighted by molar-refractivity contribution is 1.26. The molecule has 90 valence electrons. The highest BCUT2D eigenvalue weighted by Gasteiger charge is 2.05. The van der Waals surface area contributed by atoms with E-state index in [0.29, 0.717) is 11.4 Å². The Labute approximate surface area is 112 Å². The van der Waals surface area contributed by atoms with Gasteiger partial charge in [-0.15, -0.1) is 0 Å². The molecule has 0 aliphatic carbocycles. The molecule has 0 amide bonds. The van der Waals surface area contributed by atoms with Gasteiger partial charge in [0.2, 0.25) is 0 Å². The molecule has 0 bridgehead atoms. The summed E-state index contributed by atoms with van der Waals surface area (Å²) >= 11 is 11.5. The highest BCUT2D eigenvalue weighted by atomic mass is 35.5. The Morgan fingerprint density at radius 2 is 2.18 bits per heavy atom. The maximum Gasteiger partial charge on any atom is 0.0663 e. The van der Waals surface area contributed by atoms with Gasteiger partial charge in [0.05, 0.1) is 5.71 Å². The first-order valence-corrected chi connectivity index (χ1v) is 5.90. The molecule has 17 heavy (non-hydrogen) atoms. The molecule has 2 nitrogen and oxygen atoms in total. The minimum absolute atomic E-state index is 0.676. The van der Waals surface area contributed by atoms with Crippen LogP contribution in [-0.4, -0.2) is 19.0 Å². The van der Waals surface area contributed by atoms with Crippen molar-refractivity contribution in [2.24, 2.45) is 9.50 Å². The van der Waals surface area contributed by atoms with Crippen molar-refractivity contribution in [2.45, 2.75) is 13.3 Å². The van der Waals surface area contributed by atoms with E-state index in [2.05, 4.69) is 9.50 Å². The van der Waals surface area contributed by atoms with Gasteiger partial charge in [-0.25, -0.2) is 0 Å². The van der Waals surface area contributed by atoms with E-state index < -0.39 is 0 Å². The third kappa shape index (κ3) is 4.72. The van der Waals surface area contributed by atoms with Crippen molar-refractivity contribution < 1.29 is 0 Å². The zero-order valence-corrected chi connectivity index (χ0v) is 11.3. The molecule has 0 saturated heterocycles. The van der Waals surface area contributed by atoms with Gasteiger partial charge in [-0.2, -0.15) is 4.51 Å². The second-order valence-electron chi connectivity index (χ2n) is 3.64. The Kier molecular flexibility index (Phi) is 5.95. The fraction of sp³-hybridized carbons (Fsp3) is 0.231. The van der Waals surface area contributed by atoms with E-state index >= 15 is 0 Å². The van der Waals surface area contributed by atoms with Crippen LogP contribution in [0.15, 0.2) is 45.4 Å². The first kappa shape index (κ1) is 13.9. The number of aliphatic imine (C=N–C) groups is 1. The molecule has 0 N–H and O–H groups in total. The molecule has 0 aliphatic heterocycles. The summed E-state index contributed by atoms with van der Waals surface area (Å²) in [6, 6.07) is 7.49. The van der Waals surface area contributed by atoms with Crippen LogP contribution < -0.4 is 0 Å². The molecule has 4 heteroatoms. The minimum Gasteiger partial charge on any atom is -0.297 e. The highest BCUT2D eigenvalue weighted by molar-refractivity contribution is 6.31. The van der Waals surface area contributed by atoms with Crippen LogP contribution in [0.1, 0.15) is 18.9 Å². The number of halogens is 2. The number of benzene rings is 1. The second-order valence-corrected chi connectivity index (χ2v) is 4.24. The average molecular weight is 269 g/mol. The first-order chi connectivity index (χ1) is 8.17. The summed E-state index contributed by atoms with van der Waals surface area (Å²) < 4.78 is 3.79. The highest BCUT2D eigenvalue weighted by Crippen LogP contribution is 2.16. The largest absolute Gasteiger partial charge is 0.297 e. The fourth-order valence-electron chi connectivity index (χ4n) is 1.37. The van der Waals surface area contributed by atoms with E-state index in [1.54, 1.807) is 13.3 Å². The van der Waals surface area contributed by atoms with Crippen molar-refractivity contribution in [1.29, 1.82) is 0 Å². The van der Waals surface area contributed by atoms with Gasteiger partial charge in [-0.3, -0.25) is 4.99 Å². The normalized spacial score (nSPS) is 13.4. The summed E-state index contributed by atoms with van der Waals surface area (Å²) in [6.45, 7) is 2.01. The van der Waals surface area contributed by atoms with Crippen molar-refractivity contribution in [1.82, 2.24) is 0 Å². The molecule has 1 aromatic carbocycles. The Balaban J connectivity index is 2.87. The fourth-order valence-corrected chi connectivity index (χ4v) is 1.72. The van der Waals surface area contributed by atoms with Gasteiger partial charge in [0, 0.05) is 36.5 Å². The number of allylic oxidation sites excluding steroid dienone is 2. The maximum absolute atomic E-state index is 5.93. The summed E-state index contributed by atoms with van der Waals surface area (Å²) in [4.78, 5) is 3.90. The molecule has 0 aromatic heterocycles. The first-order valence-electron chi connectivity index (χ1n) is 5.19. The molecule has 1 aromatic rings. The van der Waals surface area contributed by atoms with E-state index in [-0.39, 0.29) is 0 Å². The second kappa shape index (κ2) is 7.25. The molecule has 0 unspecified atom stereocenters. The Morgan fingerprint density at radius 3 is 2.76 bits per heavy atom. The number of hydrogen-bond donors (Lipinski definition) is 0. The van der Waals surface area contributed by atoms with Gasteiger partial charge >= 0.3 is 0 Å². The molecule has 0 aliphatic rings. The van der Waals surface area contributed by atoms with Gasteiger partial charge in [0.1, 0.15) is 0 Å².